The van der Waals surface area contributed by atoms with Crippen LogP contribution >= 0.6 is 0 Å². The van der Waals surface area contributed by atoms with Gasteiger partial charge in [-0.2, -0.15) is 0 Å². The molecule has 0 unspecified atom stereocenters. The van der Waals surface area contributed by atoms with Crippen LogP contribution in [-0.2, 0) is 11.3 Å². The van der Waals surface area contributed by atoms with Gasteiger partial charge in [-0.15, -0.1) is 5.10 Å². The minimum absolute atomic E-state index is 0.000620. The zero-order chi connectivity index (χ0) is 13.0. The molecule has 18 heavy (non-hydrogen) atoms. The van der Waals surface area contributed by atoms with Crippen LogP contribution in [0.2, 0.25) is 0 Å². The van der Waals surface area contributed by atoms with Gasteiger partial charge in [0, 0.05) is 5.92 Å². The van der Waals surface area contributed by atoms with E-state index in [-0.39, 0.29) is 12.3 Å². The molecule has 1 heterocycles. The molecule has 1 aromatic rings. The van der Waals surface area contributed by atoms with Crippen molar-refractivity contribution in [3.63, 3.8) is 0 Å². The number of hydrogen-bond donors (Lipinski definition) is 2. The monoisotopic (exact) mass is 254 g/mol. The first-order valence-electron chi connectivity index (χ1n) is 6.15. The van der Waals surface area contributed by atoms with Crippen molar-refractivity contribution in [1.82, 2.24) is 15.0 Å². The summed E-state index contributed by atoms with van der Waals surface area (Å²) >= 11 is 0. The second kappa shape index (κ2) is 5.92. The maximum Gasteiger partial charge on any atom is 0.271 e. The summed E-state index contributed by atoms with van der Waals surface area (Å²) in [5, 5.41) is 16.4. The lowest BCUT2D eigenvalue weighted by Gasteiger charge is -2.26. The third-order valence-electron chi connectivity index (χ3n) is 3.18. The van der Waals surface area contributed by atoms with Gasteiger partial charge in [-0.3, -0.25) is 4.79 Å². The van der Waals surface area contributed by atoms with Crippen LogP contribution in [0.25, 0.3) is 0 Å². The molecule has 1 aromatic heterocycles. The number of aliphatic hydroxyl groups is 1. The van der Waals surface area contributed by atoms with Crippen LogP contribution in [0.3, 0.4) is 0 Å². The van der Waals surface area contributed by atoms with Crippen molar-refractivity contribution < 1.29 is 14.6 Å². The molecule has 0 atom stereocenters. The Morgan fingerprint density at radius 2 is 2.28 bits per heavy atom. The van der Waals surface area contributed by atoms with E-state index in [2.05, 4.69) is 10.3 Å². The maximum absolute atomic E-state index is 11.3. The fourth-order valence-electron chi connectivity index (χ4n) is 2.06. The smallest absolute Gasteiger partial charge is 0.271 e. The van der Waals surface area contributed by atoms with Gasteiger partial charge in [-0.05, 0) is 12.8 Å². The summed E-state index contributed by atoms with van der Waals surface area (Å²) in [6, 6.07) is 0. The zero-order valence-corrected chi connectivity index (χ0v) is 10.2. The van der Waals surface area contributed by atoms with Crippen molar-refractivity contribution >= 4 is 5.91 Å². The Morgan fingerprint density at radius 3 is 2.83 bits per heavy atom. The molecule has 3 N–H and O–H groups in total. The fraction of sp³-hybridized carbons (Fsp3) is 0.727. The molecule has 0 aliphatic heterocycles. The van der Waals surface area contributed by atoms with Crippen molar-refractivity contribution in [3.05, 3.63) is 11.4 Å². The fourth-order valence-corrected chi connectivity index (χ4v) is 2.06. The van der Waals surface area contributed by atoms with Crippen molar-refractivity contribution in [2.75, 3.05) is 19.8 Å². The van der Waals surface area contributed by atoms with E-state index in [1.165, 1.54) is 0 Å². The molecule has 1 fully saturated rings. The Balaban J connectivity index is 2.06. The number of carbonyl (C=O) groups is 1. The number of amides is 1. The zero-order valence-electron chi connectivity index (χ0n) is 10.2. The third-order valence-corrected chi connectivity index (χ3v) is 3.18. The summed E-state index contributed by atoms with van der Waals surface area (Å²) < 4.78 is 6.88. The Hall–Kier alpha value is -1.47. The van der Waals surface area contributed by atoms with Crippen molar-refractivity contribution in [2.45, 2.75) is 31.7 Å². The van der Waals surface area contributed by atoms with Crippen LogP contribution in [0, 0.1) is 0 Å². The number of ether oxygens (including phenoxy) is 1. The first kappa shape index (κ1) is 13.0. The highest BCUT2D eigenvalue weighted by Crippen LogP contribution is 2.37. The molecule has 0 bridgehead atoms. The van der Waals surface area contributed by atoms with Crippen LogP contribution in [0.1, 0.15) is 41.4 Å². The number of nitrogens with zero attached hydrogens (tertiary/aromatic N) is 3. The molecule has 7 nitrogen and oxygen atoms in total. The molecule has 0 aromatic carbocycles. The third kappa shape index (κ3) is 2.68. The van der Waals surface area contributed by atoms with Gasteiger partial charge in [0.15, 0.2) is 5.69 Å². The van der Waals surface area contributed by atoms with Gasteiger partial charge in [0.1, 0.15) is 0 Å². The quantitative estimate of drug-likeness (QED) is 0.647. The van der Waals surface area contributed by atoms with Gasteiger partial charge >= 0.3 is 0 Å². The summed E-state index contributed by atoms with van der Waals surface area (Å²) in [5.74, 6) is -0.195. The molecule has 0 radical (unpaired) electrons. The standard InChI is InChI=1S/C11H18N4O3/c12-11(17)9-10(8-2-1-3-8)15(14-13-9)4-6-18-7-5-16/h8,16H,1-7H2,(H2,12,17). The average Bonchev–Trinajstić information content (AvgIpc) is 2.66. The maximum atomic E-state index is 11.3. The average molecular weight is 254 g/mol. The molecule has 0 spiro atoms. The predicted octanol–water partition coefficient (Wildman–Crippen LogP) is -0.347. The Kier molecular flexibility index (Phi) is 4.27. The summed E-state index contributed by atoms with van der Waals surface area (Å²) in [6.45, 7) is 1.25. The molecule has 1 aliphatic rings. The highest BCUT2D eigenvalue weighted by Gasteiger charge is 2.29. The number of carbonyl (C=O) groups excluding carboxylic acids is 1. The van der Waals surface area contributed by atoms with Crippen LogP contribution in [0.5, 0.6) is 0 Å². The SMILES string of the molecule is NC(=O)c1nnn(CCOCCO)c1C1CCC1. The highest BCUT2D eigenvalue weighted by atomic mass is 16.5. The van der Waals surface area contributed by atoms with E-state index in [0.717, 1.165) is 25.0 Å². The lowest BCUT2D eigenvalue weighted by atomic mass is 9.82. The first-order valence-corrected chi connectivity index (χ1v) is 6.15. The van der Waals surface area contributed by atoms with E-state index in [1.807, 2.05) is 0 Å². The molecule has 1 aliphatic carbocycles. The van der Waals surface area contributed by atoms with E-state index < -0.39 is 5.91 Å². The van der Waals surface area contributed by atoms with Crippen molar-refractivity contribution in [3.8, 4) is 0 Å². The number of nitrogens with two attached hydrogens (primary N) is 1. The van der Waals surface area contributed by atoms with Crippen molar-refractivity contribution in [2.24, 2.45) is 5.73 Å². The van der Waals surface area contributed by atoms with Crippen LogP contribution in [-0.4, -0.2) is 45.8 Å². The molecule has 2 rings (SSSR count). The summed E-state index contributed by atoms with van der Waals surface area (Å²) in [6.07, 6.45) is 3.26. The molecule has 1 saturated carbocycles. The molecular weight excluding hydrogens is 236 g/mol. The summed E-state index contributed by atoms with van der Waals surface area (Å²) in [4.78, 5) is 11.3. The van der Waals surface area contributed by atoms with E-state index in [1.54, 1.807) is 4.68 Å². The van der Waals surface area contributed by atoms with Crippen molar-refractivity contribution in [1.29, 1.82) is 0 Å². The molecular formula is C11H18N4O3. The number of rotatable bonds is 7. The van der Waals surface area contributed by atoms with E-state index in [9.17, 15) is 4.79 Å². The van der Waals surface area contributed by atoms with Crippen LogP contribution in [0.4, 0.5) is 0 Å². The second-order valence-electron chi connectivity index (χ2n) is 4.37. The van der Waals surface area contributed by atoms with Gasteiger partial charge in [0.25, 0.3) is 5.91 Å². The molecule has 0 saturated heterocycles. The molecule has 7 heteroatoms. The van der Waals surface area contributed by atoms with Crippen LogP contribution < -0.4 is 5.73 Å². The molecule has 1 amide bonds. The number of aromatic nitrogens is 3. The van der Waals surface area contributed by atoms with Gasteiger partial charge in [0.05, 0.1) is 32.1 Å². The normalized spacial score (nSPS) is 15.6. The topological polar surface area (TPSA) is 103 Å². The van der Waals surface area contributed by atoms with Gasteiger partial charge in [0.2, 0.25) is 0 Å². The lowest BCUT2D eigenvalue weighted by molar-refractivity contribution is 0.0842. The Bertz CT molecular complexity index is 414. The summed E-state index contributed by atoms with van der Waals surface area (Å²) in [5.41, 5.74) is 6.42. The van der Waals surface area contributed by atoms with Gasteiger partial charge in [-0.25, -0.2) is 4.68 Å². The van der Waals surface area contributed by atoms with E-state index in [0.29, 0.717) is 25.7 Å². The van der Waals surface area contributed by atoms with Crippen LogP contribution in [0.15, 0.2) is 0 Å². The lowest BCUT2D eigenvalue weighted by Crippen LogP contribution is -2.22. The minimum Gasteiger partial charge on any atom is -0.394 e. The Morgan fingerprint density at radius 1 is 1.50 bits per heavy atom. The van der Waals surface area contributed by atoms with E-state index in [4.69, 9.17) is 15.6 Å². The second-order valence-corrected chi connectivity index (χ2v) is 4.37. The minimum atomic E-state index is -0.528. The number of primary amides is 1. The highest BCUT2D eigenvalue weighted by molar-refractivity contribution is 5.92. The summed E-state index contributed by atoms with van der Waals surface area (Å²) in [7, 11) is 0. The Labute approximate surface area is 105 Å². The number of hydrogen-bond acceptors (Lipinski definition) is 5. The van der Waals surface area contributed by atoms with Gasteiger partial charge < -0.3 is 15.6 Å². The first-order chi connectivity index (χ1) is 8.74. The van der Waals surface area contributed by atoms with Gasteiger partial charge in [-0.1, -0.05) is 11.6 Å². The predicted molar refractivity (Wildman–Crippen MR) is 63.0 cm³/mol. The molecule has 100 valence electrons. The van der Waals surface area contributed by atoms with E-state index >= 15 is 0 Å². The number of aliphatic hydroxyl groups excluding tert-OH is 1. The largest absolute Gasteiger partial charge is 0.394 e.